The number of ether oxygens (including phenoxy) is 3. The first-order valence-corrected chi connectivity index (χ1v) is 9.34. The molecule has 150 valence electrons. The molecule has 1 aromatic carbocycles. The topological polar surface area (TPSA) is 65.1 Å². The van der Waals surface area contributed by atoms with Gasteiger partial charge in [-0.15, -0.1) is 0 Å². The van der Waals surface area contributed by atoms with Gasteiger partial charge in [0.25, 0.3) is 0 Å². The van der Waals surface area contributed by atoms with Gasteiger partial charge in [0.1, 0.15) is 5.75 Å². The maximum atomic E-state index is 12.6. The molecule has 27 heavy (non-hydrogen) atoms. The zero-order chi connectivity index (χ0) is 20.1. The van der Waals surface area contributed by atoms with Crippen LogP contribution in [-0.4, -0.2) is 56.3 Å². The number of amides is 1. The first-order chi connectivity index (χ1) is 13.0. The van der Waals surface area contributed by atoms with Crippen molar-refractivity contribution in [3.63, 3.8) is 0 Å². The fourth-order valence-electron chi connectivity index (χ4n) is 2.38. The van der Waals surface area contributed by atoms with Crippen LogP contribution in [0.15, 0.2) is 30.3 Å². The maximum Gasteiger partial charge on any atom is 0.307 e. The fourth-order valence-corrected chi connectivity index (χ4v) is 2.38. The van der Waals surface area contributed by atoms with Crippen molar-refractivity contribution in [2.75, 3.05) is 33.4 Å². The lowest BCUT2D eigenvalue weighted by atomic mass is 10.2. The van der Waals surface area contributed by atoms with Crippen molar-refractivity contribution in [3.05, 3.63) is 35.9 Å². The van der Waals surface area contributed by atoms with E-state index in [4.69, 9.17) is 14.2 Å². The third-order valence-electron chi connectivity index (χ3n) is 3.74. The molecule has 0 unspecified atom stereocenters. The number of carbonyl (C=O) groups is 2. The molecule has 0 saturated heterocycles. The molecule has 6 nitrogen and oxygen atoms in total. The second-order valence-electron chi connectivity index (χ2n) is 6.26. The van der Waals surface area contributed by atoms with Crippen molar-refractivity contribution in [2.45, 2.75) is 39.7 Å². The second kappa shape index (κ2) is 12.9. The van der Waals surface area contributed by atoms with Gasteiger partial charge in [0.15, 0.2) is 0 Å². The first-order valence-electron chi connectivity index (χ1n) is 9.34. The zero-order valence-electron chi connectivity index (χ0n) is 16.8. The third kappa shape index (κ3) is 9.80. The Hall–Kier alpha value is -2.34. The molecule has 0 fully saturated rings. The van der Waals surface area contributed by atoms with Gasteiger partial charge in [0, 0.05) is 25.8 Å². The number of benzene rings is 1. The summed E-state index contributed by atoms with van der Waals surface area (Å²) in [6, 6.07) is 7.46. The van der Waals surface area contributed by atoms with Gasteiger partial charge < -0.3 is 19.1 Å². The molecular formula is C21H31NO5. The van der Waals surface area contributed by atoms with Gasteiger partial charge >= 0.3 is 5.97 Å². The van der Waals surface area contributed by atoms with Crippen LogP contribution in [0.3, 0.4) is 0 Å². The predicted octanol–water partition coefficient (Wildman–Crippen LogP) is 3.31. The van der Waals surface area contributed by atoms with E-state index in [0.717, 1.165) is 11.3 Å². The van der Waals surface area contributed by atoms with Gasteiger partial charge in [-0.3, -0.25) is 9.59 Å². The van der Waals surface area contributed by atoms with Crippen molar-refractivity contribution in [1.82, 2.24) is 4.90 Å². The van der Waals surface area contributed by atoms with Crippen molar-refractivity contribution in [2.24, 2.45) is 0 Å². The molecule has 0 spiro atoms. The molecule has 6 heteroatoms. The highest BCUT2D eigenvalue weighted by molar-refractivity contribution is 5.92. The van der Waals surface area contributed by atoms with E-state index in [0.29, 0.717) is 32.7 Å². The highest BCUT2D eigenvalue weighted by Gasteiger charge is 2.13. The zero-order valence-corrected chi connectivity index (χ0v) is 16.8. The lowest BCUT2D eigenvalue weighted by molar-refractivity contribution is -0.143. The third-order valence-corrected chi connectivity index (χ3v) is 3.74. The van der Waals surface area contributed by atoms with Crippen LogP contribution < -0.4 is 4.74 Å². The predicted molar refractivity (Wildman–Crippen MR) is 106 cm³/mol. The smallest absolute Gasteiger partial charge is 0.307 e. The molecule has 0 aliphatic heterocycles. The van der Waals surface area contributed by atoms with Gasteiger partial charge in [-0.2, -0.15) is 0 Å². The van der Waals surface area contributed by atoms with Crippen LogP contribution in [0.25, 0.3) is 6.08 Å². The average molecular weight is 377 g/mol. The van der Waals surface area contributed by atoms with Crippen LogP contribution >= 0.6 is 0 Å². The van der Waals surface area contributed by atoms with E-state index in [1.165, 1.54) is 6.08 Å². The van der Waals surface area contributed by atoms with E-state index >= 15 is 0 Å². The van der Waals surface area contributed by atoms with E-state index in [1.54, 1.807) is 25.0 Å². The molecule has 0 aromatic heterocycles. The molecule has 1 amide bonds. The molecule has 0 aliphatic carbocycles. The Balaban J connectivity index is 2.68. The van der Waals surface area contributed by atoms with Crippen molar-refractivity contribution in [1.29, 1.82) is 0 Å². The summed E-state index contributed by atoms with van der Waals surface area (Å²) in [4.78, 5) is 25.9. The Labute approximate surface area is 162 Å². The van der Waals surface area contributed by atoms with Gasteiger partial charge in [-0.25, -0.2) is 0 Å². The number of nitrogens with zero attached hydrogens (tertiary/aromatic N) is 1. The number of rotatable bonds is 12. The van der Waals surface area contributed by atoms with Gasteiger partial charge in [-0.05, 0) is 51.0 Å². The number of esters is 1. The summed E-state index contributed by atoms with van der Waals surface area (Å²) in [5.74, 6) is 0.284. The monoisotopic (exact) mass is 377 g/mol. The molecule has 0 bridgehead atoms. The van der Waals surface area contributed by atoms with Crippen LogP contribution in [0.5, 0.6) is 5.75 Å². The Morgan fingerprint density at radius 2 is 2.00 bits per heavy atom. The summed E-state index contributed by atoms with van der Waals surface area (Å²) in [6.07, 6.45) is 4.30. The summed E-state index contributed by atoms with van der Waals surface area (Å²) in [5.41, 5.74) is 0.871. The summed E-state index contributed by atoms with van der Waals surface area (Å²) in [7, 11) is 1.60. The Morgan fingerprint density at radius 3 is 2.67 bits per heavy atom. The molecule has 0 N–H and O–H groups in total. The van der Waals surface area contributed by atoms with Crippen LogP contribution in [0.1, 0.15) is 39.2 Å². The maximum absolute atomic E-state index is 12.6. The molecule has 0 heterocycles. The molecule has 1 rings (SSSR count). The highest BCUT2D eigenvalue weighted by Crippen LogP contribution is 2.14. The summed E-state index contributed by atoms with van der Waals surface area (Å²) in [6.45, 7) is 7.46. The fraction of sp³-hybridized carbons (Fsp3) is 0.524. The van der Waals surface area contributed by atoms with E-state index < -0.39 is 0 Å². The number of hydrogen-bond acceptors (Lipinski definition) is 5. The van der Waals surface area contributed by atoms with Crippen LogP contribution in [0, 0.1) is 0 Å². The molecule has 0 saturated carbocycles. The summed E-state index contributed by atoms with van der Waals surface area (Å²) in [5, 5.41) is 0. The Kier molecular flexibility index (Phi) is 10.9. The Bertz CT molecular complexity index is 612. The van der Waals surface area contributed by atoms with Crippen LogP contribution in [0.4, 0.5) is 0 Å². The minimum absolute atomic E-state index is 0.147. The SMILES string of the molecule is CCOC(=O)CCN(CCCOC(C)C)C(=O)/C=C/c1cccc(OC)c1. The van der Waals surface area contributed by atoms with E-state index in [-0.39, 0.29) is 24.4 Å². The molecular weight excluding hydrogens is 346 g/mol. The minimum atomic E-state index is -0.300. The van der Waals surface area contributed by atoms with Crippen LogP contribution in [0.2, 0.25) is 0 Å². The quantitative estimate of drug-likeness (QED) is 0.318. The number of hydrogen-bond donors (Lipinski definition) is 0. The largest absolute Gasteiger partial charge is 0.497 e. The van der Waals surface area contributed by atoms with Crippen molar-refractivity contribution in [3.8, 4) is 5.75 Å². The Morgan fingerprint density at radius 1 is 1.22 bits per heavy atom. The number of carbonyl (C=O) groups excluding carboxylic acids is 2. The summed E-state index contributed by atoms with van der Waals surface area (Å²) < 4.78 is 15.7. The highest BCUT2D eigenvalue weighted by atomic mass is 16.5. The van der Waals surface area contributed by atoms with Gasteiger partial charge in [-0.1, -0.05) is 12.1 Å². The lowest BCUT2D eigenvalue weighted by Crippen LogP contribution is -2.33. The van der Waals surface area contributed by atoms with E-state index in [1.807, 2.05) is 38.1 Å². The molecule has 0 aliphatic rings. The average Bonchev–Trinajstić information content (AvgIpc) is 2.65. The van der Waals surface area contributed by atoms with Crippen LogP contribution in [-0.2, 0) is 19.1 Å². The molecule has 1 aromatic rings. The molecule has 0 atom stereocenters. The lowest BCUT2D eigenvalue weighted by Gasteiger charge is -2.21. The van der Waals surface area contributed by atoms with Gasteiger partial charge in [0.05, 0.1) is 26.2 Å². The summed E-state index contributed by atoms with van der Waals surface area (Å²) >= 11 is 0. The van der Waals surface area contributed by atoms with Crippen molar-refractivity contribution >= 4 is 18.0 Å². The van der Waals surface area contributed by atoms with Crippen molar-refractivity contribution < 1.29 is 23.8 Å². The second-order valence-corrected chi connectivity index (χ2v) is 6.26. The molecule has 0 radical (unpaired) electrons. The number of methoxy groups -OCH3 is 1. The minimum Gasteiger partial charge on any atom is -0.497 e. The first kappa shape index (κ1) is 22.7. The van der Waals surface area contributed by atoms with Gasteiger partial charge in [0.2, 0.25) is 5.91 Å². The van der Waals surface area contributed by atoms with E-state index in [2.05, 4.69) is 0 Å². The standard InChI is InChI=1S/C21H31NO5/c1-5-26-21(24)12-14-22(13-7-15-27-17(2)3)20(23)11-10-18-8-6-9-19(16-18)25-4/h6,8-11,16-17H,5,7,12-15H2,1-4H3/b11-10+. The normalized spacial score (nSPS) is 11.0. The van der Waals surface area contributed by atoms with E-state index in [9.17, 15) is 9.59 Å².